The summed E-state index contributed by atoms with van der Waals surface area (Å²) in [6.45, 7) is 1.97. The molecule has 0 aliphatic rings. The van der Waals surface area contributed by atoms with Crippen molar-refractivity contribution >= 4 is 26.0 Å². The van der Waals surface area contributed by atoms with Crippen LogP contribution in [0.4, 0.5) is 0 Å². The highest BCUT2D eigenvalue weighted by molar-refractivity contribution is 7.89. The van der Waals surface area contributed by atoms with Gasteiger partial charge in [0, 0.05) is 20.6 Å². The number of hydrogen-bond acceptors (Lipinski definition) is 5. The first-order valence-corrected chi connectivity index (χ1v) is 13.8. The molecule has 186 valence electrons. The maximum absolute atomic E-state index is 13.1. The minimum absolute atomic E-state index is 0.0756. The normalized spacial score (nSPS) is 12.9. The predicted molar refractivity (Wildman–Crippen MR) is 135 cm³/mol. The third-order valence-corrected chi connectivity index (χ3v) is 8.71. The summed E-state index contributed by atoms with van der Waals surface area (Å²) in [6, 6.07) is 20.6. The van der Waals surface area contributed by atoms with Gasteiger partial charge in [-0.2, -0.15) is 4.72 Å². The third-order valence-electron chi connectivity index (χ3n) is 5.40. The molecule has 10 heteroatoms. The van der Waals surface area contributed by atoms with E-state index in [1.54, 1.807) is 24.3 Å². The molecule has 35 heavy (non-hydrogen) atoms. The minimum Gasteiger partial charge on any atom is -0.351 e. The monoisotopic (exact) mass is 515 g/mol. The number of benzene rings is 3. The van der Waals surface area contributed by atoms with Crippen molar-refractivity contribution < 1.29 is 21.6 Å². The Morgan fingerprint density at radius 2 is 1.37 bits per heavy atom. The fourth-order valence-corrected chi connectivity index (χ4v) is 5.41. The highest BCUT2D eigenvalue weighted by atomic mass is 32.2. The molecule has 2 N–H and O–H groups in total. The van der Waals surface area contributed by atoms with Crippen molar-refractivity contribution in [2.45, 2.75) is 35.7 Å². The van der Waals surface area contributed by atoms with E-state index in [-0.39, 0.29) is 22.8 Å². The molecule has 0 fully saturated rings. The van der Waals surface area contributed by atoms with E-state index in [2.05, 4.69) is 10.0 Å². The first-order valence-electron chi connectivity index (χ1n) is 10.9. The van der Waals surface area contributed by atoms with Crippen LogP contribution in [0.15, 0.2) is 88.7 Å². The Kier molecular flexibility index (Phi) is 8.44. The first-order chi connectivity index (χ1) is 16.5. The van der Waals surface area contributed by atoms with E-state index in [0.29, 0.717) is 5.56 Å². The van der Waals surface area contributed by atoms with Crippen LogP contribution in [0.2, 0.25) is 0 Å². The molecule has 0 bridgehead atoms. The number of rotatable bonds is 10. The molecule has 3 aromatic rings. The van der Waals surface area contributed by atoms with Crippen LogP contribution in [0.3, 0.4) is 0 Å². The molecule has 0 aromatic heterocycles. The van der Waals surface area contributed by atoms with Crippen LogP contribution in [0, 0.1) is 6.92 Å². The van der Waals surface area contributed by atoms with Crippen molar-refractivity contribution in [1.29, 1.82) is 0 Å². The second-order valence-corrected chi connectivity index (χ2v) is 12.2. The molecule has 0 aliphatic heterocycles. The van der Waals surface area contributed by atoms with E-state index < -0.39 is 32.0 Å². The molecular formula is C25H29N3O5S2. The average molecular weight is 516 g/mol. The molecular weight excluding hydrogens is 486 g/mol. The molecule has 1 amide bonds. The summed E-state index contributed by atoms with van der Waals surface area (Å²) < 4.78 is 54.0. The van der Waals surface area contributed by atoms with Crippen molar-refractivity contribution in [3.63, 3.8) is 0 Å². The van der Waals surface area contributed by atoms with E-state index in [9.17, 15) is 21.6 Å². The van der Waals surface area contributed by atoms with Crippen LogP contribution in [-0.4, -0.2) is 47.2 Å². The van der Waals surface area contributed by atoms with Crippen LogP contribution >= 0.6 is 0 Å². The number of sulfonamides is 2. The number of aryl methyl sites for hydroxylation is 1. The molecule has 3 rings (SSSR count). The largest absolute Gasteiger partial charge is 0.351 e. The van der Waals surface area contributed by atoms with Gasteiger partial charge in [0.25, 0.3) is 0 Å². The molecule has 8 nitrogen and oxygen atoms in total. The zero-order valence-corrected chi connectivity index (χ0v) is 21.4. The summed E-state index contributed by atoms with van der Waals surface area (Å²) in [7, 11) is -4.59. The summed E-state index contributed by atoms with van der Waals surface area (Å²) >= 11 is 0. The van der Waals surface area contributed by atoms with Gasteiger partial charge in [0.05, 0.1) is 9.79 Å². The summed E-state index contributed by atoms with van der Waals surface area (Å²) in [5.74, 6) is -0.491. The second-order valence-electron chi connectivity index (χ2n) is 8.33. The lowest BCUT2D eigenvalue weighted by atomic mass is 10.1. The average Bonchev–Trinajstić information content (AvgIpc) is 2.83. The zero-order chi connectivity index (χ0) is 25.6. The second kappa shape index (κ2) is 11.1. The summed E-state index contributed by atoms with van der Waals surface area (Å²) in [6.07, 6.45) is 0.164. The van der Waals surface area contributed by atoms with Crippen molar-refractivity contribution in [2.75, 3.05) is 14.1 Å². The van der Waals surface area contributed by atoms with E-state index in [1.807, 2.05) is 37.3 Å². The van der Waals surface area contributed by atoms with Crippen molar-refractivity contribution in [3.8, 4) is 0 Å². The van der Waals surface area contributed by atoms with E-state index in [4.69, 9.17) is 0 Å². The lowest BCUT2D eigenvalue weighted by Gasteiger charge is -2.19. The van der Waals surface area contributed by atoms with Crippen LogP contribution in [0.25, 0.3) is 0 Å². The van der Waals surface area contributed by atoms with E-state index in [0.717, 1.165) is 15.4 Å². The van der Waals surface area contributed by atoms with Crippen molar-refractivity contribution in [1.82, 2.24) is 14.3 Å². The van der Waals surface area contributed by atoms with Crippen LogP contribution in [0.5, 0.6) is 0 Å². The molecule has 0 saturated carbocycles. The fourth-order valence-electron chi connectivity index (χ4n) is 3.31. The maximum Gasteiger partial charge on any atom is 0.242 e. The van der Waals surface area contributed by atoms with Gasteiger partial charge in [-0.05, 0) is 48.7 Å². The van der Waals surface area contributed by atoms with Gasteiger partial charge in [-0.15, -0.1) is 0 Å². The van der Waals surface area contributed by atoms with Crippen LogP contribution in [0.1, 0.15) is 16.7 Å². The Morgan fingerprint density at radius 3 is 1.94 bits per heavy atom. The van der Waals surface area contributed by atoms with E-state index >= 15 is 0 Å². The summed E-state index contributed by atoms with van der Waals surface area (Å²) in [4.78, 5) is 13.3. The van der Waals surface area contributed by atoms with Gasteiger partial charge in [-0.1, -0.05) is 60.2 Å². The fraction of sp³-hybridized carbons (Fsp3) is 0.240. The SMILES string of the molecule is Cc1ccc(S(=O)(=O)NC(Cc2ccccc2)C(=O)NCc2ccc(S(=O)(=O)N(C)C)cc2)cc1. The molecule has 0 heterocycles. The first kappa shape index (κ1) is 26.6. The van der Waals surface area contributed by atoms with Gasteiger partial charge < -0.3 is 5.32 Å². The van der Waals surface area contributed by atoms with Crippen molar-refractivity contribution in [2.24, 2.45) is 0 Å². The maximum atomic E-state index is 13.1. The molecule has 0 saturated heterocycles. The molecule has 1 atom stereocenters. The third kappa shape index (κ3) is 6.98. The number of nitrogens with zero attached hydrogens (tertiary/aromatic N) is 1. The quantitative estimate of drug-likeness (QED) is 0.431. The lowest BCUT2D eigenvalue weighted by Crippen LogP contribution is -2.47. The summed E-state index contributed by atoms with van der Waals surface area (Å²) in [5.41, 5.74) is 2.40. The zero-order valence-electron chi connectivity index (χ0n) is 19.8. The Balaban J connectivity index is 1.76. The highest BCUT2D eigenvalue weighted by Gasteiger charge is 2.26. The predicted octanol–water partition coefficient (Wildman–Crippen LogP) is 2.45. The number of nitrogens with one attached hydrogen (secondary N) is 2. The van der Waals surface area contributed by atoms with Crippen molar-refractivity contribution in [3.05, 3.63) is 95.6 Å². The number of carbonyl (C=O) groups excluding carboxylic acids is 1. The van der Waals surface area contributed by atoms with Gasteiger partial charge in [-0.3, -0.25) is 4.79 Å². The molecule has 0 spiro atoms. The van der Waals surface area contributed by atoms with Gasteiger partial charge >= 0.3 is 0 Å². The van der Waals surface area contributed by atoms with Gasteiger partial charge in [0.15, 0.2) is 0 Å². The Morgan fingerprint density at radius 1 is 0.800 bits per heavy atom. The Bertz CT molecular complexity index is 1350. The molecule has 0 radical (unpaired) electrons. The molecule has 1 unspecified atom stereocenters. The lowest BCUT2D eigenvalue weighted by molar-refractivity contribution is -0.122. The molecule has 0 aliphatic carbocycles. The summed E-state index contributed by atoms with van der Waals surface area (Å²) in [5, 5.41) is 2.76. The number of amides is 1. The van der Waals surface area contributed by atoms with E-state index in [1.165, 1.54) is 38.4 Å². The topological polar surface area (TPSA) is 113 Å². The minimum atomic E-state index is -3.94. The van der Waals surface area contributed by atoms with Gasteiger partial charge in [0.1, 0.15) is 6.04 Å². The van der Waals surface area contributed by atoms with Gasteiger partial charge in [0.2, 0.25) is 26.0 Å². The molecule has 3 aromatic carbocycles. The smallest absolute Gasteiger partial charge is 0.242 e. The number of carbonyl (C=O) groups is 1. The Labute approximate surface area is 207 Å². The highest BCUT2D eigenvalue weighted by Crippen LogP contribution is 2.15. The van der Waals surface area contributed by atoms with Gasteiger partial charge in [-0.25, -0.2) is 21.1 Å². The Hall–Kier alpha value is -3.05. The standard InChI is InChI=1S/C25H29N3O5S2/c1-19-9-13-22(14-10-19)34(30,31)27-24(17-20-7-5-4-6-8-20)25(29)26-18-21-11-15-23(16-12-21)35(32,33)28(2)3/h4-16,24,27H,17-18H2,1-3H3,(H,26,29). The van der Waals surface area contributed by atoms with Crippen LogP contribution in [-0.2, 0) is 37.8 Å². The number of hydrogen-bond donors (Lipinski definition) is 2. The van der Waals surface area contributed by atoms with Crippen LogP contribution < -0.4 is 10.0 Å².